The minimum absolute atomic E-state index is 0.887. The summed E-state index contributed by atoms with van der Waals surface area (Å²) in [7, 11) is 0. The van der Waals surface area contributed by atoms with Crippen LogP contribution in [-0.4, -0.2) is 42.6 Å². The fourth-order valence-electron chi connectivity index (χ4n) is 2.85. The zero-order valence-corrected chi connectivity index (χ0v) is 15.9. The number of benzene rings is 1. The van der Waals surface area contributed by atoms with E-state index < -0.39 is 0 Å². The first-order chi connectivity index (χ1) is 11.8. The number of H-pyrrole nitrogens is 1. The summed E-state index contributed by atoms with van der Waals surface area (Å²) >= 11 is 1.90. The van der Waals surface area contributed by atoms with E-state index in [0.717, 1.165) is 38.4 Å². The molecule has 0 amide bonds. The van der Waals surface area contributed by atoms with Gasteiger partial charge in [0.25, 0.3) is 0 Å². The number of hydrogen-bond acceptors (Lipinski definition) is 2. The lowest BCUT2D eigenvalue weighted by Gasteiger charge is -2.11. The summed E-state index contributed by atoms with van der Waals surface area (Å²) in [6.45, 7) is 6.95. The van der Waals surface area contributed by atoms with Crippen molar-refractivity contribution in [1.82, 2.24) is 15.6 Å². The number of nitrogens with one attached hydrogen (secondary N) is 3. The number of aromatic nitrogens is 1. The number of fused-ring (bicyclic) bond motifs is 1. The maximum atomic E-state index is 4.66. The van der Waals surface area contributed by atoms with Crippen molar-refractivity contribution in [1.29, 1.82) is 0 Å². The molecule has 1 heterocycles. The highest BCUT2D eigenvalue weighted by Crippen LogP contribution is 2.22. The summed E-state index contributed by atoms with van der Waals surface area (Å²) in [6.07, 6.45) is 7.66. The van der Waals surface area contributed by atoms with Gasteiger partial charge in [0.05, 0.1) is 0 Å². The number of unbranched alkanes of at least 4 members (excludes halogenated alkanes) is 1. The molecule has 2 rings (SSSR count). The molecule has 0 aliphatic rings. The van der Waals surface area contributed by atoms with Gasteiger partial charge in [0.2, 0.25) is 0 Å². The van der Waals surface area contributed by atoms with Crippen molar-refractivity contribution in [3.63, 3.8) is 0 Å². The van der Waals surface area contributed by atoms with Crippen molar-refractivity contribution < 1.29 is 0 Å². The standard InChI is InChI=1S/C19H30N4S/c1-4-20-19(21-11-5-6-13-24-3)22-12-10-16-14-23-17-9-7-8-15(2)18(16)17/h7-9,14,23H,4-6,10-13H2,1-3H3,(H2,20,21,22). The molecule has 5 heteroatoms. The van der Waals surface area contributed by atoms with Gasteiger partial charge in [-0.1, -0.05) is 12.1 Å². The number of guanidine groups is 1. The van der Waals surface area contributed by atoms with Crippen molar-refractivity contribution in [2.45, 2.75) is 33.1 Å². The number of hydrogen-bond donors (Lipinski definition) is 3. The maximum absolute atomic E-state index is 4.66. The zero-order chi connectivity index (χ0) is 17.2. The van der Waals surface area contributed by atoms with E-state index in [2.05, 4.69) is 65.1 Å². The summed E-state index contributed by atoms with van der Waals surface area (Å²) in [5.41, 5.74) is 3.92. The van der Waals surface area contributed by atoms with Crippen LogP contribution in [0.1, 0.15) is 30.9 Å². The van der Waals surface area contributed by atoms with E-state index in [0.29, 0.717) is 0 Å². The zero-order valence-electron chi connectivity index (χ0n) is 15.1. The summed E-state index contributed by atoms with van der Waals surface area (Å²) in [5.74, 6) is 2.15. The van der Waals surface area contributed by atoms with Gasteiger partial charge in [-0.05, 0) is 62.3 Å². The van der Waals surface area contributed by atoms with E-state index in [4.69, 9.17) is 0 Å². The molecule has 0 fully saturated rings. The molecule has 0 aliphatic carbocycles. The molecule has 0 bridgehead atoms. The molecule has 1 aromatic carbocycles. The number of thioether (sulfide) groups is 1. The van der Waals surface area contributed by atoms with Gasteiger partial charge in [-0.15, -0.1) is 0 Å². The van der Waals surface area contributed by atoms with Crippen LogP contribution in [0.5, 0.6) is 0 Å². The van der Waals surface area contributed by atoms with Crippen LogP contribution in [0.3, 0.4) is 0 Å². The summed E-state index contributed by atoms with van der Waals surface area (Å²) in [4.78, 5) is 8.03. The molecular formula is C19H30N4S. The van der Waals surface area contributed by atoms with Gasteiger partial charge in [-0.2, -0.15) is 11.8 Å². The lowest BCUT2D eigenvalue weighted by Crippen LogP contribution is -2.38. The van der Waals surface area contributed by atoms with Gasteiger partial charge in [-0.25, -0.2) is 0 Å². The van der Waals surface area contributed by atoms with E-state index in [-0.39, 0.29) is 0 Å². The normalized spacial score (nSPS) is 11.9. The predicted octanol–water partition coefficient (Wildman–Crippen LogP) is 3.72. The Labute approximate surface area is 149 Å². The first kappa shape index (κ1) is 18.7. The van der Waals surface area contributed by atoms with Gasteiger partial charge in [0.1, 0.15) is 0 Å². The maximum Gasteiger partial charge on any atom is 0.191 e. The number of aryl methyl sites for hydroxylation is 1. The Morgan fingerprint density at radius 1 is 1.25 bits per heavy atom. The van der Waals surface area contributed by atoms with Crippen molar-refractivity contribution in [3.05, 3.63) is 35.5 Å². The van der Waals surface area contributed by atoms with Crippen LogP contribution in [0.4, 0.5) is 0 Å². The molecule has 1 aromatic heterocycles. The highest BCUT2D eigenvalue weighted by molar-refractivity contribution is 7.98. The monoisotopic (exact) mass is 346 g/mol. The second-order valence-corrected chi connectivity index (χ2v) is 6.93. The molecule has 0 unspecified atom stereocenters. The predicted molar refractivity (Wildman–Crippen MR) is 108 cm³/mol. The van der Waals surface area contributed by atoms with Crippen molar-refractivity contribution >= 4 is 28.6 Å². The van der Waals surface area contributed by atoms with Crippen molar-refractivity contribution in [3.8, 4) is 0 Å². The Kier molecular flexibility index (Phi) is 8.02. The van der Waals surface area contributed by atoms with Gasteiger partial charge in [0, 0.05) is 36.7 Å². The molecule has 2 aromatic rings. The Morgan fingerprint density at radius 2 is 2.12 bits per heavy atom. The van der Waals surface area contributed by atoms with Gasteiger partial charge in [0.15, 0.2) is 5.96 Å². The van der Waals surface area contributed by atoms with Crippen LogP contribution in [0.2, 0.25) is 0 Å². The topological polar surface area (TPSA) is 52.2 Å². The van der Waals surface area contributed by atoms with E-state index in [1.165, 1.54) is 34.2 Å². The average Bonchev–Trinajstić information content (AvgIpc) is 2.99. The van der Waals surface area contributed by atoms with Crippen molar-refractivity contribution in [2.75, 3.05) is 31.6 Å². The summed E-state index contributed by atoms with van der Waals surface area (Å²) in [5, 5.41) is 8.14. The van der Waals surface area contributed by atoms with Crippen LogP contribution in [0, 0.1) is 6.92 Å². The van der Waals surface area contributed by atoms with Crippen LogP contribution in [-0.2, 0) is 6.42 Å². The number of aromatic amines is 1. The smallest absolute Gasteiger partial charge is 0.191 e. The Morgan fingerprint density at radius 3 is 2.92 bits per heavy atom. The highest BCUT2D eigenvalue weighted by atomic mass is 32.2. The lowest BCUT2D eigenvalue weighted by molar-refractivity contribution is 0.771. The molecule has 0 radical (unpaired) electrons. The SMILES string of the molecule is CCNC(=NCCCCSC)NCCc1c[nH]c2cccc(C)c12. The molecule has 0 saturated carbocycles. The second-order valence-electron chi connectivity index (χ2n) is 5.95. The van der Waals surface area contributed by atoms with Gasteiger partial charge < -0.3 is 15.6 Å². The highest BCUT2D eigenvalue weighted by Gasteiger charge is 2.06. The van der Waals surface area contributed by atoms with Crippen LogP contribution in [0.25, 0.3) is 10.9 Å². The average molecular weight is 347 g/mol. The van der Waals surface area contributed by atoms with E-state index in [9.17, 15) is 0 Å². The van der Waals surface area contributed by atoms with Crippen LogP contribution in [0.15, 0.2) is 29.4 Å². The first-order valence-corrected chi connectivity index (χ1v) is 10.2. The van der Waals surface area contributed by atoms with Gasteiger partial charge in [-0.3, -0.25) is 4.99 Å². The minimum Gasteiger partial charge on any atom is -0.361 e. The Balaban J connectivity index is 1.86. The second kappa shape index (κ2) is 10.3. The Hall–Kier alpha value is -1.62. The van der Waals surface area contributed by atoms with Crippen molar-refractivity contribution in [2.24, 2.45) is 4.99 Å². The molecule has 24 heavy (non-hydrogen) atoms. The third-order valence-electron chi connectivity index (χ3n) is 4.05. The molecule has 0 aliphatic heterocycles. The molecule has 0 atom stereocenters. The fraction of sp³-hybridized carbons (Fsp3) is 0.526. The Bertz CT molecular complexity index is 648. The lowest BCUT2D eigenvalue weighted by atomic mass is 10.1. The molecular weight excluding hydrogens is 316 g/mol. The number of nitrogens with zero attached hydrogens (tertiary/aromatic N) is 1. The number of aliphatic imine (C=N–C) groups is 1. The van der Waals surface area contributed by atoms with E-state index in [1.54, 1.807) is 0 Å². The van der Waals surface area contributed by atoms with Crippen LogP contribution >= 0.6 is 11.8 Å². The summed E-state index contributed by atoms with van der Waals surface area (Å²) < 4.78 is 0. The number of rotatable bonds is 9. The third kappa shape index (κ3) is 5.48. The molecule has 132 valence electrons. The largest absolute Gasteiger partial charge is 0.361 e. The van der Waals surface area contributed by atoms with E-state index >= 15 is 0 Å². The first-order valence-electron chi connectivity index (χ1n) is 8.83. The molecule has 4 nitrogen and oxygen atoms in total. The quantitative estimate of drug-likeness (QED) is 0.368. The third-order valence-corrected chi connectivity index (χ3v) is 4.75. The van der Waals surface area contributed by atoms with E-state index in [1.807, 2.05) is 11.8 Å². The molecule has 3 N–H and O–H groups in total. The molecule has 0 saturated heterocycles. The minimum atomic E-state index is 0.887. The summed E-state index contributed by atoms with van der Waals surface area (Å²) in [6, 6.07) is 6.41. The molecule has 0 spiro atoms. The van der Waals surface area contributed by atoms with Crippen LogP contribution < -0.4 is 10.6 Å². The van der Waals surface area contributed by atoms with Gasteiger partial charge >= 0.3 is 0 Å². The fourth-order valence-corrected chi connectivity index (χ4v) is 3.35.